The number of rotatable bonds is 3. The van der Waals surface area contributed by atoms with Crippen LogP contribution >= 0.6 is 12.4 Å². The quantitative estimate of drug-likeness (QED) is 0.766. The number of morpholine rings is 2. The van der Waals surface area contributed by atoms with Gasteiger partial charge in [-0.1, -0.05) is 0 Å². The Morgan fingerprint density at radius 2 is 1.68 bits per heavy atom. The van der Waals surface area contributed by atoms with Gasteiger partial charge in [0, 0.05) is 39.1 Å². The van der Waals surface area contributed by atoms with E-state index >= 15 is 0 Å². The molecule has 25 heavy (non-hydrogen) atoms. The van der Waals surface area contributed by atoms with Crippen LogP contribution in [0.25, 0.3) is 0 Å². The van der Waals surface area contributed by atoms with Crippen molar-refractivity contribution >= 4 is 24.2 Å². The third-order valence-corrected chi connectivity index (χ3v) is 5.31. The number of nitrogens with one attached hydrogen (secondary N) is 1. The van der Waals surface area contributed by atoms with Crippen LogP contribution in [0, 0.1) is 5.41 Å². The van der Waals surface area contributed by atoms with Crippen LogP contribution in [-0.2, 0) is 19.1 Å². The molecule has 2 amide bonds. The van der Waals surface area contributed by atoms with Gasteiger partial charge >= 0.3 is 0 Å². The molecule has 3 rings (SSSR count). The van der Waals surface area contributed by atoms with Gasteiger partial charge in [0.2, 0.25) is 11.8 Å². The van der Waals surface area contributed by atoms with Crippen molar-refractivity contribution in [3.05, 3.63) is 0 Å². The van der Waals surface area contributed by atoms with E-state index in [9.17, 15) is 9.59 Å². The Morgan fingerprint density at radius 3 is 2.24 bits per heavy atom. The Balaban J connectivity index is 0.00000225. The van der Waals surface area contributed by atoms with Crippen LogP contribution in [-0.4, -0.2) is 86.3 Å². The molecule has 3 unspecified atom stereocenters. The Hall–Kier alpha value is -0.890. The summed E-state index contributed by atoms with van der Waals surface area (Å²) < 4.78 is 11.1. The van der Waals surface area contributed by atoms with Crippen LogP contribution in [0.15, 0.2) is 0 Å². The van der Waals surface area contributed by atoms with Crippen molar-refractivity contribution < 1.29 is 19.1 Å². The van der Waals surface area contributed by atoms with Crippen LogP contribution in [0.2, 0.25) is 0 Å². The van der Waals surface area contributed by atoms with Crippen molar-refractivity contribution in [3.8, 4) is 0 Å². The van der Waals surface area contributed by atoms with Gasteiger partial charge in [-0.05, 0) is 26.8 Å². The molecule has 0 bridgehead atoms. The summed E-state index contributed by atoms with van der Waals surface area (Å²) in [5.74, 6) is 0.181. The lowest BCUT2D eigenvalue weighted by molar-refractivity contribution is -0.154. The molecule has 0 saturated carbocycles. The third-order valence-electron chi connectivity index (χ3n) is 5.31. The molecule has 0 spiro atoms. The number of halogens is 1. The lowest BCUT2D eigenvalue weighted by Gasteiger charge is -2.39. The number of hydrogen-bond acceptors (Lipinski definition) is 5. The molecule has 3 heterocycles. The predicted molar refractivity (Wildman–Crippen MR) is 95.8 cm³/mol. The van der Waals surface area contributed by atoms with Crippen LogP contribution in [0.1, 0.15) is 26.7 Å². The van der Waals surface area contributed by atoms with Gasteiger partial charge in [0.15, 0.2) is 0 Å². The van der Waals surface area contributed by atoms with E-state index in [-0.39, 0.29) is 42.9 Å². The molecule has 8 heteroatoms. The first kappa shape index (κ1) is 20.4. The first-order valence-electron chi connectivity index (χ1n) is 9.01. The van der Waals surface area contributed by atoms with E-state index in [1.165, 1.54) is 0 Å². The van der Waals surface area contributed by atoms with Gasteiger partial charge in [0.05, 0.1) is 30.8 Å². The maximum absolute atomic E-state index is 13.2. The Morgan fingerprint density at radius 1 is 1.08 bits per heavy atom. The standard InChI is InChI=1S/C17H29N3O4.ClH/c1-13-10-19(5-7-23-13)15(21)9-17(3-4-18-12-17)16(22)20-6-8-24-14(2)11-20;/h13-14,18H,3-12H2,1-2H3;1H. The minimum absolute atomic E-state index is 0. The number of nitrogens with zero attached hydrogens (tertiary/aromatic N) is 2. The van der Waals surface area contributed by atoms with Gasteiger partial charge < -0.3 is 24.6 Å². The number of hydrogen-bond donors (Lipinski definition) is 1. The van der Waals surface area contributed by atoms with Crippen molar-refractivity contribution in [1.82, 2.24) is 15.1 Å². The summed E-state index contributed by atoms with van der Waals surface area (Å²) in [5, 5.41) is 3.29. The lowest BCUT2D eigenvalue weighted by atomic mass is 9.81. The molecule has 3 atom stereocenters. The van der Waals surface area contributed by atoms with Crippen LogP contribution in [0.4, 0.5) is 0 Å². The Labute approximate surface area is 155 Å². The maximum atomic E-state index is 13.2. The van der Waals surface area contributed by atoms with Gasteiger partial charge in [-0.2, -0.15) is 0 Å². The fourth-order valence-corrected chi connectivity index (χ4v) is 3.94. The summed E-state index contributed by atoms with van der Waals surface area (Å²) in [7, 11) is 0. The molecule has 0 aromatic rings. The molecule has 144 valence electrons. The lowest BCUT2D eigenvalue weighted by Crippen LogP contribution is -2.54. The van der Waals surface area contributed by atoms with Crippen molar-refractivity contribution in [2.45, 2.75) is 38.9 Å². The molecular weight excluding hydrogens is 346 g/mol. The first-order chi connectivity index (χ1) is 11.5. The molecule has 1 N–H and O–H groups in total. The summed E-state index contributed by atoms with van der Waals surface area (Å²) in [6, 6.07) is 0. The van der Waals surface area contributed by atoms with E-state index in [1.54, 1.807) is 0 Å². The van der Waals surface area contributed by atoms with Gasteiger partial charge in [-0.3, -0.25) is 9.59 Å². The smallest absolute Gasteiger partial charge is 0.230 e. The van der Waals surface area contributed by atoms with E-state index in [0.717, 1.165) is 13.0 Å². The minimum atomic E-state index is -0.602. The third kappa shape index (κ3) is 4.64. The second kappa shape index (κ2) is 8.66. The van der Waals surface area contributed by atoms with Crippen molar-refractivity contribution in [1.29, 1.82) is 0 Å². The van der Waals surface area contributed by atoms with Crippen LogP contribution in [0.3, 0.4) is 0 Å². The average molecular weight is 376 g/mol. The summed E-state index contributed by atoms with van der Waals surface area (Å²) in [5.41, 5.74) is -0.602. The molecule has 3 aliphatic heterocycles. The number of amides is 2. The molecule has 0 aromatic carbocycles. The molecular formula is C17H30ClN3O4. The molecule has 0 aliphatic carbocycles. The fourth-order valence-electron chi connectivity index (χ4n) is 3.94. The number of carbonyl (C=O) groups excluding carboxylic acids is 2. The van der Waals surface area contributed by atoms with E-state index < -0.39 is 5.41 Å². The number of carbonyl (C=O) groups is 2. The highest BCUT2D eigenvalue weighted by molar-refractivity contribution is 5.89. The van der Waals surface area contributed by atoms with Crippen LogP contribution in [0.5, 0.6) is 0 Å². The molecule has 0 aromatic heterocycles. The summed E-state index contributed by atoms with van der Waals surface area (Å²) >= 11 is 0. The van der Waals surface area contributed by atoms with E-state index in [0.29, 0.717) is 45.9 Å². The second-order valence-corrected chi connectivity index (χ2v) is 7.34. The SMILES string of the molecule is CC1CN(C(=O)CC2(C(=O)N3CCOC(C)C3)CCNC2)CCO1.Cl. The Bertz CT molecular complexity index is 485. The van der Waals surface area contributed by atoms with E-state index in [1.807, 2.05) is 23.6 Å². The maximum Gasteiger partial charge on any atom is 0.230 e. The van der Waals surface area contributed by atoms with Gasteiger partial charge in [0.1, 0.15) is 0 Å². The van der Waals surface area contributed by atoms with Gasteiger partial charge in [-0.25, -0.2) is 0 Å². The average Bonchev–Trinajstić information content (AvgIpc) is 3.04. The second-order valence-electron chi connectivity index (χ2n) is 7.34. The number of ether oxygens (including phenoxy) is 2. The van der Waals surface area contributed by atoms with Crippen LogP contribution < -0.4 is 5.32 Å². The summed E-state index contributed by atoms with van der Waals surface area (Å²) in [6.07, 6.45) is 1.14. The molecule has 3 aliphatic rings. The van der Waals surface area contributed by atoms with Crippen molar-refractivity contribution in [2.24, 2.45) is 5.41 Å². The monoisotopic (exact) mass is 375 g/mol. The molecule has 0 radical (unpaired) electrons. The highest BCUT2D eigenvalue weighted by Crippen LogP contribution is 2.33. The molecule has 3 fully saturated rings. The van der Waals surface area contributed by atoms with Crippen molar-refractivity contribution in [2.75, 3.05) is 52.5 Å². The van der Waals surface area contributed by atoms with Gasteiger partial charge in [0.25, 0.3) is 0 Å². The minimum Gasteiger partial charge on any atom is -0.375 e. The zero-order valence-corrected chi connectivity index (χ0v) is 16.0. The normalized spacial score (nSPS) is 33.0. The highest BCUT2D eigenvalue weighted by Gasteiger charge is 2.46. The van der Waals surface area contributed by atoms with Crippen molar-refractivity contribution in [3.63, 3.8) is 0 Å². The topological polar surface area (TPSA) is 71.1 Å². The summed E-state index contributed by atoms with van der Waals surface area (Å²) in [6.45, 7) is 8.96. The Kier molecular flexibility index (Phi) is 7.08. The zero-order valence-electron chi connectivity index (χ0n) is 15.2. The zero-order chi connectivity index (χ0) is 17.2. The van der Waals surface area contributed by atoms with E-state index in [4.69, 9.17) is 9.47 Å². The first-order valence-corrected chi connectivity index (χ1v) is 9.01. The fraction of sp³-hybridized carbons (Fsp3) is 0.882. The summed E-state index contributed by atoms with van der Waals surface area (Å²) in [4.78, 5) is 29.7. The molecule has 7 nitrogen and oxygen atoms in total. The molecule has 3 saturated heterocycles. The van der Waals surface area contributed by atoms with Gasteiger partial charge in [-0.15, -0.1) is 12.4 Å². The van der Waals surface area contributed by atoms with E-state index in [2.05, 4.69) is 5.32 Å². The predicted octanol–water partition coefficient (Wildman–Crippen LogP) is 0.273. The largest absolute Gasteiger partial charge is 0.375 e. The highest BCUT2D eigenvalue weighted by atomic mass is 35.5.